The molecule has 0 bridgehead atoms. The van der Waals surface area contributed by atoms with Gasteiger partial charge >= 0.3 is 0 Å². The minimum atomic E-state index is -0.198. The molecule has 0 saturated carbocycles. The van der Waals surface area contributed by atoms with Crippen molar-refractivity contribution in [1.29, 1.82) is 0 Å². The topological polar surface area (TPSA) is 20.5 Å². The number of aromatic nitrogens is 2. The predicted molar refractivity (Wildman–Crippen MR) is 89.1 cm³/mol. The highest BCUT2D eigenvalue weighted by atomic mass is 35.5. The van der Waals surface area contributed by atoms with E-state index in [1.54, 1.807) is 12.1 Å². The van der Waals surface area contributed by atoms with E-state index in [1.807, 2.05) is 22.8 Å². The van der Waals surface area contributed by atoms with E-state index in [2.05, 4.69) is 22.1 Å². The summed E-state index contributed by atoms with van der Waals surface area (Å²) < 4.78 is 15.7. The van der Waals surface area contributed by atoms with Crippen LogP contribution in [0.15, 0.2) is 48.7 Å². The number of likely N-dealkylation sites (tertiary alicyclic amines) is 1. The predicted octanol–water partition coefficient (Wildman–Crippen LogP) is 3.80. The summed E-state index contributed by atoms with van der Waals surface area (Å²) in [5.74, 6) is 0.262. The molecule has 1 fully saturated rings. The quantitative estimate of drug-likeness (QED) is 0.725. The normalized spacial score (nSPS) is 15.9. The second kappa shape index (κ2) is 5.95. The molecule has 4 rings (SSSR count). The van der Waals surface area contributed by atoms with E-state index in [0.717, 1.165) is 30.8 Å². The zero-order valence-electron chi connectivity index (χ0n) is 12.6. The van der Waals surface area contributed by atoms with Crippen LogP contribution in [-0.4, -0.2) is 27.6 Å². The highest BCUT2D eigenvalue weighted by molar-refractivity contribution is 6.31. The van der Waals surface area contributed by atoms with Crippen LogP contribution in [0.25, 0.3) is 5.52 Å². The SMILES string of the molecule is Fc1cccc(Cl)c1CC1CN(Cc2cc3ccccn3n2)C1. The van der Waals surface area contributed by atoms with Gasteiger partial charge in [-0.3, -0.25) is 4.90 Å². The number of nitrogens with zero attached hydrogens (tertiary/aromatic N) is 3. The Morgan fingerprint density at radius 2 is 2.04 bits per heavy atom. The Hall–Kier alpha value is -1.91. The number of hydrogen-bond acceptors (Lipinski definition) is 2. The number of pyridine rings is 1. The molecule has 1 aliphatic heterocycles. The van der Waals surface area contributed by atoms with Crippen LogP contribution in [0.1, 0.15) is 11.3 Å². The molecule has 0 aliphatic carbocycles. The van der Waals surface area contributed by atoms with Crippen LogP contribution in [0.4, 0.5) is 4.39 Å². The van der Waals surface area contributed by atoms with Gasteiger partial charge in [-0.2, -0.15) is 5.10 Å². The summed E-state index contributed by atoms with van der Waals surface area (Å²) in [5, 5.41) is 5.10. The maximum Gasteiger partial charge on any atom is 0.127 e. The molecule has 0 amide bonds. The van der Waals surface area contributed by atoms with Gasteiger partial charge in [-0.05, 0) is 42.7 Å². The molecule has 3 aromatic rings. The number of halogens is 2. The number of rotatable bonds is 4. The Morgan fingerprint density at radius 1 is 1.17 bits per heavy atom. The van der Waals surface area contributed by atoms with Crippen LogP contribution in [0.2, 0.25) is 5.02 Å². The van der Waals surface area contributed by atoms with Crippen molar-refractivity contribution in [2.24, 2.45) is 5.92 Å². The smallest absolute Gasteiger partial charge is 0.127 e. The van der Waals surface area contributed by atoms with Crippen molar-refractivity contribution < 1.29 is 4.39 Å². The van der Waals surface area contributed by atoms with Gasteiger partial charge in [0.25, 0.3) is 0 Å². The fourth-order valence-corrected chi connectivity index (χ4v) is 3.49. The highest BCUT2D eigenvalue weighted by Gasteiger charge is 2.28. The van der Waals surface area contributed by atoms with Crippen LogP contribution < -0.4 is 0 Å². The second-order valence-corrected chi connectivity index (χ2v) is 6.58. The number of fused-ring (bicyclic) bond motifs is 1. The molecular formula is C18H17ClFN3. The van der Waals surface area contributed by atoms with Gasteiger partial charge in [0.2, 0.25) is 0 Å². The molecule has 23 heavy (non-hydrogen) atoms. The maximum atomic E-state index is 13.8. The van der Waals surface area contributed by atoms with E-state index in [4.69, 9.17) is 11.6 Å². The summed E-state index contributed by atoms with van der Waals surface area (Å²) in [5.41, 5.74) is 2.82. The van der Waals surface area contributed by atoms with Gasteiger partial charge in [0.15, 0.2) is 0 Å². The monoisotopic (exact) mass is 329 g/mol. The lowest BCUT2D eigenvalue weighted by Crippen LogP contribution is -2.47. The molecule has 0 atom stereocenters. The minimum absolute atomic E-state index is 0.198. The first kappa shape index (κ1) is 14.7. The summed E-state index contributed by atoms with van der Waals surface area (Å²) >= 11 is 6.10. The van der Waals surface area contributed by atoms with Crippen molar-refractivity contribution in [2.75, 3.05) is 13.1 Å². The standard InChI is InChI=1S/C18H17ClFN3/c19-17-5-3-6-18(20)16(17)8-13-10-22(11-13)12-14-9-15-4-1-2-7-23(15)21-14/h1-7,9,13H,8,10-12H2. The van der Waals surface area contributed by atoms with Gasteiger partial charge in [0, 0.05) is 36.4 Å². The molecule has 0 radical (unpaired) electrons. The highest BCUT2D eigenvalue weighted by Crippen LogP contribution is 2.27. The van der Waals surface area contributed by atoms with E-state index in [0.29, 0.717) is 22.9 Å². The lowest BCUT2D eigenvalue weighted by atomic mass is 9.92. The lowest BCUT2D eigenvalue weighted by Gasteiger charge is -2.39. The number of hydrogen-bond donors (Lipinski definition) is 0. The van der Waals surface area contributed by atoms with Crippen LogP contribution in [0.3, 0.4) is 0 Å². The van der Waals surface area contributed by atoms with Crippen molar-refractivity contribution in [3.8, 4) is 0 Å². The Kier molecular flexibility index (Phi) is 3.79. The summed E-state index contributed by atoms with van der Waals surface area (Å²) in [4.78, 5) is 2.33. The molecule has 5 heteroatoms. The maximum absolute atomic E-state index is 13.8. The zero-order valence-corrected chi connectivity index (χ0v) is 13.4. The minimum Gasteiger partial charge on any atom is -0.297 e. The third kappa shape index (κ3) is 2.96. The van der Waals surface area contributed by atoms with Gasteiger partial charge in [-0.15, -0.1) is 0 Å². The first-order chi connectivity index (χ1) is 11.2. The summed E-state index contributed by atoms with van der Waals surface area (Å²) in [6, 6.07) is 13.0. The molecule has 118 valence electrons. The molecule has 2 aromatic heterocycles. The second-order valence-electron chi connectivity index (χ2n) is 6.17. The van der Waals surface area contributed by atoms with Crippen molar-refractivity contribution in [3.63, 3.8) is 0 Å². The van der Waals surface area contributed by atoms with E-state index >= 15 is 0 Å². The zero-order chi connectivity index (χ0) is 15.8. The first-order valence-corrected chi connectivity index (χ1v) is 8.15. The largest absolute Gasteiger partial charge is 0.297 e. The van der Waals surface area contributed by atoms with Crippen molar-refractivity contribution in [2.45, 2.75) is 13.0 Å². The van der Waals surface area contributed by atoms with Crippen molar-refractivity contribution in [1.82, 2.24) is 14.5 Å². The Labute approximate surface area is 139 Å². The summed E-state index contributed by atoms with van der Waals surface area (Å²) in [6.45, 7) is 2.75. The molecule has 0 N–H and O–H groups in total. The Bertz CT molecular complexity index is 786. The van der Waals surface area contributed by atoms with Crippen LogP contribution in [0, 0.1) is 11.7 Å². The molecular weight excluding hydrogens is 313 g/mol. The van der Waals surface area contributed by atoms with Gasteiger partial charge < -0.3 is 0 Å². The fraction of sp³-hybridized carbons (Fsp3) is 0.278. The third-order valence-corrected chi connectivity index (χ3v) is 4.75. The molecule has 0 spiro atoms. The average molecular weight is 330 g/mol. The van der Waals surface area contributed by atoms with Crippen LogP contribution >= 0.6 is 11.6 Å². The van der Waals surface area contributed by atoms with Crippen LogP contribution in [-0.2, 0) is 13.0 Å². The molecule has 0 unspecified atom stereocenters. The summed E-state index contributed by atoms with van der Waals surface area (Å²) in [7, 11) is 0. The average Bonchev–Trinajstić information content (AvgIpc) is 2.90. The third-order valence-electron chi connectivity index (χ3n) is 4.39. The molecule has 1 aliphatic rings. The first-order valence-electron chi connectivity index (χ1n) is 7.77. The number of benzene rings is 1. The van der Waals surface area contributed by atoms with Crippen LogP contribution in [0.5, 0.6) is 0 Å². The van der Waals surface area contributed by atoms with Gasteiger partial charge in [0.05, 0.1) is 11.2 Å². The molecule has 3 heterocycles. The Balaban J connectivity index is 1.36. The van der Waals surface area contributed by atoms with Gasteiger partial charge in [-0.25, -0.2) is 8.91 Å². The van der Waals surface area contributed by atoms with E-state index in [9.17, 15) is 4.39 Å². The van der Waals surface area contributed by atoms with Crippen molar-refractivity contribution >= 4 is 17.1 Å². The fourth-order valence-electron chi connectivity index (χ4n) is 3.25. The summed E-state index contributed by atoms with van der Waals surface area (Å²) in [6.07, 6.45) is 2.66. The molecule has 1 aromatic carbocycles. The van der Waals surface area contributed by atoms with Crippen molar-refractivity contribution in [3.05, 3.63) is 70.8 Å². The van der Waals surface area contributed by atoms with E-state index in [1.165, 1.54) is 6.07 Å². The van der Waals surface area contributed by atoms with E-state index < -0.39 is 0 Å². The van der Waals surface area contributed by atoms with Gasteiger partial charge in [-0.1, -0.05) is 23.7 Å². The van der Waals surface area contributed by atoms with Gasteiger partial charge in [0.1, 0.15) is 5.82 Å². The molecule has 3 nitrogen and oxygen atoms in total. The lowest BCUT2D eigenvalue weighted by molar-refractivity contribution is 0.0905. The Morgan fingerprint density at radius 3 is 2.83 bits per heavy atom. The molecule has 1 saturated heterocycles. The van der Waals surface area contributed by atoms with E-state index in [-0.39, 0.29) is 5.82 Å².